The van der Waals surface area contributed by atoms with Gasteiger partial charge in [0.2, 0.25) is 0 Å². The number of hydrogen-bond donors (Lipinski definition) is 1. The first-order valence-corrected chi connectivity index (χ1v) is 7.15. The maximum Gasteiger partial charge on any atom is 0.0728 e. The Balaban J connectivity index is 2.01. The van der Waals surface area contributed by atoms with E-state index in [0.29, 0.717) is 0 Å². The molecule has 1 heterocycles. The summed E-state index contributed by atoms with van der Waals surface area (Å²) in [6, 6.07) is 17.5. The molecular weight excluding hydrogens is 282 g/mol. The Morgan fingerprint density at radius 1 is 1.10 bits per heavy atom. The van der Waals surface area contributed by atoms with E-state index in [2.05, 4.69) is 5.10 Å². The molecule has 0 aliphatic carbocycles. The zero-order chi connectivity index (χ0) is 14.8. The van der Waals surface area contributed by atoms with Gasteiger partial charge in [0, 0.05) is 11.2 Å². The molecule has 0 saturated heterocycles. The lowest BCUT2D eigenvalue weighted by atomic mass is 10.0. The molecule has 0 saturated carbocycles. The van der Waals surface area contributed by atoms with Crippen molar-refractivity contribution in [1.82, 2.24) is 9.78 Å². The SMILES string of the molecule is Cc1ccc(C(N)c2ccnn2-c2ccccc2)cc1Cl. The number of benzene rings is 2. The van der Waals surface area contributed by atoms with Crippen LogP contribution in [0.2, 0.25) is 5.02 Å². The van der Waals surface area contributed by atoms with Gasteiger partial charge in [-0.15, -0.1) is 0 Å². The Morgan fingerprint density at radius 3 is 2.57 bits per heavy atom. The maximum absolute atomic E-state index is 6.40. The van der Waals surface area contributed by atoms with Crippen molar-refractivity contribution >= 4 is 11.6 Å². The standard InChI is InChI=1S/C17H16ClN3/c1-12-7-8-13(11-15(12)18)17(19)16-9-10-20-21(16)14-5-3-2-4-6-14/h2-11,17H,19H2,1H3. The number of halogens is 1. The van der Waals surface area contributed by atoms with E-state index < -0.39 is 0 Å². The minimum absolute atomic E-state index is 0.272. The van der Waals surface area contributed by atoms with Crippen LogP contribution < -0.4 is 5.73 Å². The third-order valence-electron chi connectivity index (χ3n) is 3.55. The Labute approximate surface area is 129 Å². The number of hydrogen-bond acceptors (Lipinski definition) is 2. The number of nitrogens with zero attached hydrogens (tertiary/aromatic N) is 2. The lowest BCUT2D eigenvalue weighted by Gasteiger charge is -2.15. The van der Waals surface area contributed by atoms with Gasteiger partial charge in [0.15, 0.2) is 0 Å². The van der Waals surface area contributed by atoms with Gasteiger partial charge in [-0.2, -0.15) is 5.10 Å². The van der Waals surface area contributed by atoms with Gasteiger partial charge in [0.25, 0.3) is 0 Å². The van der Waals surface area contributed by atoms with E-state index in [1.165, 1.54) is 0 Å². The number of nitrogens with two attached hydrogens (primary N) is 1. The second-order valence-electron chi connectivity index (χ2n) is 4.99. The molecule has 1 aromatic heterocycles. The first-order valence-electron chi connectivity index (χ1n) is 6.78. The molecule has 3 rings (SSSR count). The van der Waals surface area contributed by atoms with Crippen molar-refractivity contribution in [2.24, 2.45) is 5.73 Å². The van der Waals surface area contributed by atoms with E-state index in [1.807, 2.05) is 66.2 Å². The molecule has 3 aromatic rings. The second-order valence-corrected chi connectivity index (χ2v) is 5.40. The molecule has 3 nitrogen and oxygen atoms in total. The van der Waals surface area contributed by atoms with Crippen molar-refractivity contribution in [2.75, 3.05) is 0 Å². The van der Waals surface area contributed by atoms with Gasteiger partial charge in [-0.05, 0) is 42.3 Å². The monoisotopic (exact) mass is 297 g/mol. The summed E-state index contributed by atoms with van der Waals surface area (Å²) in [5, 5.41) is 5.11. The molecule has 0 aliphatic heterocycles. The van der Waals surface area contributed by atoms with Gasteiger partial charge in [-0.1, -0.05) is 41.9 Å². The van der Waals surface area contributed by atoms with E-state index >= 15 is 0 Å². The second kappa shape index (κ2) is 5.72. The van der Waals surface area contributed by atoms with Crippen LogP contribution >= 0.6 is 11.6 Å². The van der Waals surface area contributed by atoms with Crippen molar-refractivity contribution in [3.05, 3.63) is 82.6 Å². The fourth-order valence-electron chi connectivity index (χ4n) is 2.31. The highest BCUT2D eigenvalue weighted by Gasteiger charge is 2.15. The molecule has 0 bridgehead atoms. The predicted octanol–water partition coefficient (Wildman–Crippen LogP) is 3.88. The average Bonchev–Trinajstić information content (AvgIpc) is 2.99. The van der Waals surface area contributed by atoms with E-state index in [-0.39, 0.29) is 6.04 Å². The van der Waals surface area contributed by atoms with Crippen molar-refractivity contribution in [1.29, 1.82) is 0 Å². The molecule has 0 aliphatic rings. The summed E-state index contributed by atoms with van der Waals surface area (Å²) < 4.78 is 1.86. The van der Waals surface area contributed by atoms with Crippen LogP contribution in [-0.2, 0) is 0 Å². The molecular formula is C17H16ClN3. The van der Waals surface area contributed by atoms with Crippen LogP contribution in [0.15, 0.2) is 60.8 Å². The predicted molar refractivity (Wildman–Crippen MR) is 85.8 cm³/mol. The van der Waals surface area contributed by atoms with Crippen molar-refractivity contribution in [3.63, 3.8) is 0 Å². The molecule has 0 fully saturated rings. The molecule has 1 unspecified atom stereocenters. The zero-order valence-corrected chi connectivity index (χ0v) is 12.5. The smallest absolute Gasteiger partial charge is 0.0728 e. The minimum atomic E-state index is -0.272. The van der Waals surface area contributed by atoms with Gasteiger partial charge < -0.3 is 5.73 Å². The van der Waals surface area contributed by atoms with Crippen molar-refractivity contribution in [2.45, 2.75) is 13.0 Å². The van der Waals surface area contributed by atoms with Crippen LogP contribution in [-0.4, -0.2) is 9.78 Å². The Morgan fingerprint density at radius 2 is 1.86 bits per heavy atom. The normalized spacial score (nSPS) is 12.3. The third kappa shape index (κ3) is 2.71. The fourth-order valence-corrected chi connectivity index (χ4v) is 2.50. The van der Waals surface area contributed by atoms with Crippen LogP contribution in [0.25, 0.3) is 5.69 Å². The Bertz CT molecular complexity index is 750. The molecule has 2 aromatic carbocycles. The first kappa shape index (κ1) is 13.9. The number of para-hydroxylation sites is 1. The van der Waals surface area contributed by atoms with Gasteiger partial charge in [-0.25, -0.2) is 4.68 Å². The van der Waals surface area contributed by atoms with Crippen molar-refractivity contribution in [3.8, 4) is 5.69 Å². The summed E-state index contributed by atoms with van der Waals surface area (Å²) in [5.41, 5.74) is 10.3. The van der Waals surface area contributed by atoms with E-state index in [1.54, 1.807) is 6.20 Å². The zero-order valence-electron chi connectivity index (χ0n) is 11.7. The highest BCUT2D eigenvalue weighted by molar-refractivity contribution is 6.31. The molecule has 2 N–H and O–H groups in total. The van der Waals surface area contributed by atoms with Crippen LogP contribution in [0.4, 0.5) is 0 Å². The number of rotatable bonds is 3. The molecule has 4 heteroatoms. The summed E-state index contributed by atoms with van der Waals surface area (Å²) in [6.45, 7) is 1.98. The third-order valence-corrected chi connectivity index (χ3v) is 3.95. The van der Waals surface area contributed by atoms with Crippen LogP contribution in [0.5, 0.6) is 0 Å². The summed E-state index contributed by atoms with van der Waals surface area (Å²) >= 11 is 6.20. The minimum Gasteiger partial charge on any atom is -0.319 e. The average molecular weight is 298 g/mol. The topological polar surface area (TPSA) is 43.8 Å². The van der Waals surface area contributed by atoms with Gasteiger partial charge in [0.05, 0.1) is 17.4 Å². The quantitative estimate of drug-likeness (QED) is 0.797. The lowest BCUT2D eigenvalue weighted by molar-refractivity contribution is 0.739. The first-order chi connectivity index (χ1) is 10.2. The summed E-state index contributed by atoms with van der Waals surface area (Å²) in [5.74, 6) is 0. The highest BCUT2D eigenvalue weighted by atomic mass is 35.5. The van der Waals surface area contributed by atoms with Gasteiger partial charge in [0.1, 0.15) is 0 Å². The van der Waals surface area contributed by atoms with Crippen LogP contribution in [0.1, 0.15) is 22.9 Å². The highest BCUT2D eigenvalue weighted by Crippen LogP contribution is 2.25. The summed E-state index contributed by atoms with van der Waals surface area (Å²) in [7, 11) is 0. The molecule has 0 amide bonds. The molecule has 0 spiro atoms. The number of aromatic nitrogens is 2. The van der Waals surface area contributed by atoms with Crippen LogP contribution in [0, 0.1) is 6.92 Å². The summed E-state index contributed by atoms with van der Waals surface area (Å²) in [4.78, 5) is 0. The Hall–Kier alpha value is -2.10. The van der Waals surface area contributed by atoms with E-state index in [9.17, 15) is 0 Å². The molecule has 1 atom stereocenters. The van der Waals surface area contributed by atoms with E-state index in [0.717, 1.165) is 27.5 Å². The largest absolute Gasteiger partial charge is 0.319 e. The van der Waals surface area contributed by atoms with Crippen molar-refractivity contribution < 1.29 is 0 Å². The van der Waals surface area contributed by atoms with Gasteiger partial charge >= 0.3 is 0 Å². The maximum atomic E-state index is 6.40. The lowest BCUT2D eigenvalue weighted by Crippen LogP contribution is -2.16. The van der Waals surface area contributed by atoms with E-state index in [4.69, 9.17) is 17.3 Å². The fraction of sp³-hybridized carbons (Fsp3) is 0.118. The molecule has 21 heavy (non-hydrogen) atoms. The van der Waals surface area contributed by atoms with Crippen LogP contribution in [0.3, 0.4) is 0 Å². The molecule has 0 radical (unpaired) electrons. The Kier molecular flexibility index (Phi) is 3.78. The summed E-state index contributed by atoms with van der Waals surface area (Å²) in [6.07, 6.45) is 1.76. The molecule has 106 valence electrons. The number of aryl methyl sites for hydroxylation is 1. The van der Waals surface area contributed by atoms with Gasteiger partial charge in [-0.3, -0.25) is 0 Å².